The number of aryl methyl sites for hydroxylation is 1. The van der Waals surface area contributed by atoms with E-state index in [2.05, 4.69) is 53.7 Å². The van der Waals surface area contributed by atoms with Crippen LogP contribution in [-0.2, 0) is 24.1 Å². The Morgan fingerprint density at radius 2 is 1.04 bits per heavy atom. The van der Waals surface area contributed by atoms with Crippen molar-refractivity contribution in [2.45, 2.75) is 186 Å². The van der Waals surface area contributed by atoms with Gasteiger partial charge >= 0.3 is 0 Å². The van der Waals surface area contributed by atoms with Crippen molar-refractivity contribution in [3.05, 3.63) is 83.5 Å². The van der Waals surface area contributed by atoms with E-state index in [4.69, 9.17) is 4.18 Å². The van der Waals surface area contributed by atoms with Gasteiger partial charge in [0.2, 0.25) is 0 Å². The van der Waals surface area contributed by atoms with Crippen molar-refractivity contribution in [3.63, 3.8) is 0 Å². The number of fused-ring (bicyclic) bond motifs is 10. The molecule has 2 aromatic rings. The van der Waals surface area contributed by atoms with E-state index in [1.165, 1.54) is 56.1 Å². The van der Waals surface area contributed by atoms with Gasteiger partial charge in [0, 0.05) is 0 Å². The third-order valence-corrected chi connectivity index (χ3v) is 24.9. The molecule has 9 heteroatoms. The zero-order valence-corrected chi connectivity index (χ0v) is 44.7. The van der Waals surface area contributed by atoms with Gasteiger partial charge in [-0.25, -0.2) is 8.42 Å². The van der Waals surface area contributed by atoms with Crippen LogP contribution in [-0.4, -0.2) is 50.6 Å². The van der Waals surface area contributed by atoms with E-state index in [-0.39, 0.29) is 50.8 Å². The summed E-state index contributed by atoms with van der Waals surface area (Å²) in [6.45, 7) is 20.5. The molecule has 68 heavy (non-hydrogen) atoms. The monoisotopic (exact) mass is 971 g/mol. The van der Waals surface area contributed by atoms with Crippen molar-refractivity contribution in [2.75, 3.05) is 12.4 Å². The molecule has 7 nitrogen and oxygen atoms in total. The number of allylic oxidation sites excluding steroid dienone is 2. The molecule has 8 aliphatic carbocycles. The summed E-state index contributed by atoms with van der Waals surface area (Å²) in [7, 11) is -6.98. The molecule has 0 heterocycles. The van der Waals surface area contributed by atoms with Crippen molar-refractivity contribution in [1.29, 1.82) is 0 Å². The van der Waals surface area contributed by atoms with E-state index in [1.54, 1.807) is 24.3 Å². The predicted octanol–water partition coefficient (Wildman–Crippen LogP) is 13.1. The van der Waals surface area contributed by atoms with E-state index in [9.17, 15) is 27.0 Å². The van der Waals surface area contributed by atoms with E-state index >= 15 is 0 Å². The van der Waals surface area contributed by atoms with Gasteiger partial charge in [0.1, 0.15) is 0 Å². The minimum absolute atomic E-state index is 0.178. The fourth-order valence-electron chi connectivity index (χ4n) is 17.8. The smallest absolute Gasteiger partial charge is 0.296 e. The van der Waals surface area contributed by atoms with Crippen LogP contribution in [0.3, 0.4) is 0 Å². The van der Waals surface area contributed by atoms with Crippen molar-refractivity contribution in [3.8, 4) is 0 Å². The van der Waals surface area contributed by atoms with Gasteiger partial charge in [-0.15, -0.1) is 0 Å². The maximum atomic E-state index is 13.1. The fourth-order valence-corrected chi connectivity index (χ4v) is 20.5. The van der Waals surface area contributed by atoms with Crippen LogP contribution < -0.4 is 0 Å². The molecule has 6 fully saturated rings. The summed E-state index contributed by atoms with van der Waals surface area (Å²) in [6.07, 6.45) is 22.7. The molecule has 0 amide bonds. The largest absolute Gasteiger partial charge is 0.390 e. The normalized spacial score (nSPS) is 42.8. The number of rotatable bonds is 9. The summed E-state index contributed by atoms with van der Waals surface area (Å²) < 4.78 is 57.4. The van der Waals surface area contributed by atoms with Crippen LogP contribution >= 0.6 is 0 Å². The zero-order valence-electron chi connectivity index (χ0n) is 43.1. The number of aliphatic hydroxyl groups is 2. The molecule has 0 aliphatic heterocycles. The molecule has 0 radical (unpaired) electrons. The average molecular weight is 971 g/mol. The second-order valence-electron chi connectivity index (χ2n) is 25.9. The Morgan fingerprint density at radius 3 is 1.53 bits per heavy atom. The lowest BCUT2D eigenvalue weighted by molar-refractivity contribution is -0.0717. The lowest BCUT2D eigenvalue weighted by Crippen LogP contribution is -2.52. The van der Waals surface area contributed by atoms with Crippen LogP contribution in [0.15, 0.2) is 87.7 Å². The summed E-state index contributed by atoms with van der Waals surface area (Å²) in [6, 6.07) is 15.9. The number of benzene rings is 2. The van der Waals surface area contributed by atoms with E-state index < -0.39 is 31.2 Å². The van der Waals surface area contributed by atoms with Crippen LogP contribution in [0.5, 0.6) is 0 Å². The van der Waals surface area contributed by atoms with Crippen molar-refractivity contribution in [2.24, 2.45) is 80.8 Å². The number of sulfone groups is 1. The maximum absolute atomic E-state index is 13.1. The van der Waals surface area contributed by atoms with Gasteiger partial charge < -0.3 is 10.2 Å². The molecule has 2 N–H and O–H groups in total. The topological polar surface area (TPSA) is 118 Å². The first-order valence-electron chi connectivity index (χ1n) is 26.9. The molecule has 0 saturated heterocycles. The Kier molecular flexibility index (Phi) is 13.4. The Bertz CT molecular complexity index is 2460. The first-order valence-corrected chi connectivity index (χ1v) is 30.0. The third-order valence-electron chi connectivity index (χ3n) is 21.7. The Balaban J connectivity index is 0.000000170. The third kappa shape index (κ3) is 9.01. The molecule has 0 bridgehead atoms. The van der Waals surface area contributed by atoms with Gasteiger partial charge in [0.05, 0.1) is 33.4 Å². The lowest BCUT2D eigenvalue weighted by Gasteiger charge is -2.59. The number of hydrogen-bond acceptors (Lipinski definition) is 7. The quantitative estimate of drug-likeness (QED) is 0.190. The van der Waals surface area contributed by atoms with Crippen LogP contribution in [0, 0.1) is 87.8 Å². The highest BCUT2D eigenvalue weighted by Crippen LogP contribution is 2.69. The van der Waals surface area contributed by atoms with E-state index in [0.717, 1.165) is 63.4 Å². The Morgan fingerprint density at radius 1 is 0.574 bits per heavy atom. The van der Waals surface area contributed by atoms with Crippen molar-refractivity contribution >= 4 is 20.0 Å². The summed E-state index contributed by atoms with van der Waals surface area (Å²) in [5.41, 5.74) is 3.95. The summed E-state index contributed by atoms with van der Waals surface area (Å²) in [5.74, 6) is 5.85. The molecule has 8 aliphatic rings. The molecule has 0 unspecified atom stereocenters. The molecule has 6 saturated carbocycles. The SMILES string of the molecule is C[C@H](CS(=O)(=O)c1ccccc1)[C@H]1CC[C@H]2[C@@H]3CC=C4C[C@@](C)(O)CC[C@]4(C)[C@H]3CC[C@]12C.Cc1ccc(S(=O)(=O)OC[C@@H](C)[C@H]2CC[C@H]3[C@@H]4CC=C5C[C@@](C)(O)CC[C@]5(C)[C@H]4CC[C@]23C)cc1. The second-order valence-corrected chi connectivity index (χ2v) is 29.6. The molecular weight excluding hydrogens is 885 g/mol. The Hall–Kier alpha value is -2.30. The van der Waals surface area contributed by atoms with Crippen LogP contribution in [0.25, 0.3) is 0 Å². The van der Waals surface area contributed by atoms with Crippen LogP contribution in [0.2, 0.25) is 0 Å². The van der Waals surface area contributed by atoms with Crippen molar-refractivity contribution in [1.82, 2.24) is 0 Å². The summed E-state index contributed by atoms with van der Waals surface area (Å²) in [4.78, 5) is 0.710. The van der Waals surface area contributed by atoms with Gasteiger partial charge in [-0.2, -0.15) is 8.42 Å². The summed E-state index contributed by atoms with van der Waals surface area (Å²) in [5, 5.41) is 21.4. The molecule has 0 spiro atoms. The van der Waals surface area contributed by atoms with Gasteiger partial charge in [0.25, 0.3) is 10.1 Å². The predicted molar refractivity (Wildman–Crippen MR) is 273 cm³/mol. The highest BCUT2D eigenvalue weighted by molar-refractivity contribution is 7.91. The zero-order chi connectivity index (χ0) is 48.9. The lowest BCUT2D eigenvalue weighted by atomic mass is 9.46. The Labute approximate surface area is 411 Å². The molecule has 376 valence electrons. The van der Waals surface area contributed by atoms with Gasteiger partial charge in [-0.3, -0.25) is 4.18 Å². The molecular formula is C59H86O7S2. The standard InChI is InChI=1S/C30H44O4S.C29H42O3S/c1-20-6-9-23(10-7-20)35(32,33)34-19-21(2)25-12-13-26-24-11-8-22-18-28(3,31)16-17-29(22,4)27(24)14-15-30(25,26)5;1-20(19-33(31,32)22-8-6-5-7-9-22)24-12-13-25-23-11-10-21-18-27(2,30)16-17-28(21,3)26(23)14-15-29(24,25)4/h6-10,21,24-27,31H,11-19H2,1-5H3;5-10,20,23-26,30H,11-19H2,1-4H3/t21-,24+,25-,26+,27+,28+,29+,30-;20-,23+,24-,25+,26+,27+,28+,29-/m11/s1. The average Bonchev–Trinajstić information content (AvgIpc) is 3.83. The maximum Gasteiger partial charge on any atom is 0.296 e. The fraction of sp³-hybridized carbons (Fsp3) is 0.729. The molecule has 0 aromatic heterocycles. The van der Waals surface area contributed by atoms with E-state index in [0.29, 0.717) is 52.2 Å². The first-order chi connectivity index (χ1) is 31.8. The summed E-state index contributed by atoms with van der Waals surface area (Å²) >= 11 is 0. The minimum atomic E-state index is -3.73. The highest BCUT2D eigenvalue weighted by atomic mass is 32.2. The van der Waals surface area contributed by atoms with Crippen LogP contribution in [0.4, 0.5) is 0 Å². The molecule has 16 atom stereocenters. The first kappa shape index (κ1) is 50.6. The second kappa shape index (κ2) is 18.0. The number of hydrogen-bond donors (Lipinski definition) is 2. The highest BCUT2D eigenvalue weighted by Gasteiger charge is 2.61. The van der Waals surface area contributed by atoms with Crippen LogP contribution in [0.1, 0.15) is 164 Å². The van der Waals surface area contributed by atoms with E-state index in [1.807, 2.05) is 51.1 Å². The molecule has 10 rings (SSSR count). The van der Waals surface area contributed by atoms with Gasteiger partial charge in [-0.05, 0) is 229 Å². The minimum Gasteiger partial charge on any atom is -0.390 e. The van der Waals surface area contributed by atoms with Crippen molar-refractivity contribution < 1.29 is 31.2 Å². The molecule has 2 aromatic carbocycles. The van der Waals surface area contributed by atoms with Gasteiger partial charge in [0.15, 0.2) is 9.84 Å². The van der Waals surface area contributed by atoms with Gasteiger partial charge in [-0.1, -0.05) is 101 Å².